The van der Waals surface area contributed by atoms with Gasteiger partial charge in [0.25, 0.3) is 11.6 Å². The van der Waals surface area contributed by atoms with Gasteiger partial charge in [0, 0.05) is 30.9 Å². The third kappa shape index (κ3) is 3.26. The summed E-state index contributed by atoms with van der Waals surface area (Å²) in [4.78, 5) is 33.4. The first kappa shape index (κ1) is 14.7. The number of carbonyl (C=O) groups excluding carboxylic acids is 1. The van der Waals surface area contributed by atoms with Gasteiger partial charge in [0.05, 0.1) is 10.6 Å². The number of halogens is 1. The summed E-state index contributed by atoms with van der Waals surface area (Å²) in [6.45, 7) is 0. The molecule has 1 N–H and O–H groups in total. The zero-order chi connectivity index (χ0) is 15.6. The van der Waals surface area contributed by atoms with E-state index in [1.165, 1.54) is 35.0 Å². The maximum Gasteiger partial charge on any atom is 0.288 e. The molecule has 0 aliphatic heterocycles. The maximum atomic E-state index is 12.0. The predicted molar refractivity (Wildman–Crippen MR) is 77.7 cm³/mol. The van der Waals surface area contributed by atoms with Crippen LogP contribution in [0.25, 0.3) is 0 Å². The van der Waals surface area contributed by atoms with E-state index >= 15 is 0 Å². The Morgan fingerprint density at radius 2 is 2.05 bits per heavy atom. The summed E-state index contributed by atoms with van der Waals surface area (Å²) in [6.07, 6.45) is 1.45. The molecule has 0 unspecified atom stereocenters. The lowest BCUT2D eigenvalue weighted by atomic mass is 10.2. The molecular formula is C13H10ClN3O4. The minimum Gasteiger partial charge on any atom is -0.321 e. The monoisotopic (exact) mass is 307 g/mol. The highest BCUT2D eigenvalue weighted by Gasteiger charge is 2.16. The van der Waals surface area contributed by atoms with E-state index in [2.05, 4.69) is 5.32 Å². The van der Waals surface area contributed by atoms with Gasteiger partial charge in [-0.15, -0.1) is 0 Å². The number of aryl methyl sites for hydroxylation is 1. The van der Waals surface area contributed by atoms with Crippen LogP contribution in [0.1, 0.15) is 10.4 Å². The Morgan fingerprint density at radius 1 is 1.33 bits per heavy atom. The van der Waals surface area contributed by atoms with Crippen molar-refractivity contribution in [2.75, 3.05) is 5.32 Å². The van der Waals surface area contributed by atoms with E-state index in [1.807, 2.05) is 0 Å². The average Bonchev–Trinajstić information content (AvgIpc) is 2.43. The largest absolute Gasteiger partial charge is 0.321 e. The summed E-state index contributed by atoms with van der Waals surface area (Å²) in [5.41, 5.74) is -0.0560. The minimum absolute atomic E-state index is 0.0429. The molecule has 7 nitrogen and oxygen atoms in total. The molecule has 108 valence electrons. The molecule has 0 saturated heterocycles. The molecule has 0 bridgehead atoms. The van der Waals surface area contributed by atoms with E-state index in [1.54, 1.807) is 7.05 Å². The lowest BCUT2D eigenvalue weighted by Gasteiger charge is -2.06. The number of pyridine rings is 1. The van der Waals surface area contributed by atoms with Crippen molar-refractivity contribution in [3.05, 3.63) is 67.6 Å². The number of rotatable bonds is 3. The van der Waals surface area contributed by atoms with Crippen molar-refractivity contribution in [1.82, 2.24) is 4.57 Å². The van der Waals surface area contributed by atoms with Crippen molar-refractivity contribution in [2.24, 2.45) is 7.05 Å². The molecule has 0 atom stereocenters. The Labute approximate surface area is 123 Å². The molecule has 0 spiro atoms. The summed E-state index contributed by atoms with van der Waals surface area (Å²) in [5.74, 6) is -0.534. The first-order valence-electron chi connectivity index (χ1n) is 5.80. The van der Waals surface area contributed by atoms with Crippen LogP contribution in [-0.2, 0) is 7.05 Å². The van der Waals surface area contributed by atoms with Gasteiger partial charge in [0.2, 0.25) is 5.56 Å². The van der Waals surface area contributed by atoms with Crippen molar-refractivity contribution >= 4 is 28.9 Å². The van der Waals surface area contributed by atoms with E-state index in [9.17, 15) is 19.7 Å². The van der Waals surface area contributed by atoms with Crippen LogP contribution in [-0.4, -0.2) is 15.4 Å². The molecule has 8 heteroatoms. The van der Waals surface area contributed by atoms with Gasteiger partial charge in [-0.05, 0) is 18.2 Å². The fourth-order valence-corrected chi connectivity index (χ4v) is 1.85. The van der Waals surface area contributed by atoms with Crippen LogP contribution in [0.3, 0.4) is 0 Å². The van der Waals surface area contributed by atoms with Gasteiger partial charge in [0.15, 0.2) is 0 Å². The van der Waals surface area contributed by atoms with E-state index in [0.29, 0.717) is 5.69 Å². The summed E-state index contributed by atoms with van der Waals surface area (Å²) in [7, 11) is 1.55. The minimum atomic E-state index is -0.661. The Hall–Kier alpha value is -2.67. The summed E-state index contributed by atoms with van der Waals surface area (Å²) in [5, 5.41) is 13.3. The molecule has 21 heavy (non-hydrogen) atoms. The maximum absolute atomic E-state index is 12.0. The molecule has 1 aromatic heterocycles. The quantitative estimate of drug-likeness (QED) is 0.694. The second-order valence-electron chi connectivity index (χ2n) is 4.24. The zero-order valence-electron chi connectivity index (χ0n) is 10.9. The number of nitro benzene ring substituents is 1. The van der Waals surface area contributed by atoms with Crippen molar-refractivity contribution in [3.63, 3.8) is 0 Å². The number of aromatic nitrogens is 1. The number of hydrogen-bond acceptors (Lipinski definition) is 4. The van der Waals surface area contributed by atoms with E-state index in [4.69, 9.17) is 11.6 Å². The van der Waals surface area contributed by atoms with Crippen LogP contribution in [0.4, 0.5) is 11.4 Å². The standard InChI is InChI=1S/C13H10ClN3O4/c1-16-7-9(3-5-12(16)18)15-13(19)8-2-4-10(14)11(6-8)17(20)21/h2-7H,1H3,(H,15,19). The Morgan fingerprint density at radius 3 is 2.67 bits per heavy atom. The van der Waals surface area contributed by atoms with Gasteiger partial charge >= 0.3 is 0 Å². The average molecular weight is 308 g/mol. The molecule has 1 amide bonds. The van der Waals surface area contributed by atoms with Gasteiger partial charge in [0.1, 0.15) is 5.02 Å². The predicted octanol–water partition coefficient (Wildman–Crippen LogP) is 2.20. The topological polar surface area (TPSA) is 94.2 Å². The number of nitro groups is 1. The van der Waals surface area contributed by atoms with Gasteiger partial charge < -0.3 is 9.88 Å². The third-order valence-corrected chi connectivity index (χ3v) is 3.07. The fourth-order valence-electron chi connectivity index (χ4n) is 1.66. The molecule has 0 saturated carbocycles. The molecular weight excluding hydrogens is 298 g/mol. The van der Waals surface area contributed by atoms with Crippen molar-refractivity contribution < 1.29 is 9.72 Å². The van der Waals surface area contributed by atoms with E-state index in [-0.39, 0.29) is 21.8 Å². The SMILES string of the molecule is Cn1cc(NC(=O)c2ccc(Cl)c([N+](=O)[O-])c2)ccc1=O. The zero-order valence-corrected chi connectivity index (χ0v) is 11.6. The number of nitrogens with one attached hydrogen (secondary N) is 1. The number of carbonyl (C=O) groups is 1. The highest BCUT2D eigenvalue weighted by molar-refractivity contribution is 6.32. The van der Waals surface area contributed by atoms with Crippen molar-refractivity contribution in [3.8, 4) is 0 Å². The smallest absolute Gasteiger partial charge is 0.288 e. The number of anilines is 1. The molecule has 1 aromatic carbocycles. The number of benzene rings is 1. The molecule has 2 rings (SSSR count). The Bertz CT molecular complexity index is 785. The van der Waals surface area contributed by atoms with Gasteiger partial charge in [-0.25, -0.2) is 0 Å². The summed E-state index contributed by atoms with van der Waals surface area (Å²) >= 11 is 5.68. The van der Waals surface area contributed by atoms with Crippen LogP contribution < -0.4 is 10.9 Å². The van der Waals surface area contributed by atoms with Crippen LogP contribution in [0.5, 0.6) is 0 Å². The molecule has 0 aliphatic rings. The number of nitrogens with zero attached hydrogens (tertiary/aromatic N) is 2. The van der Waals surface area contributed by atoms with Crippen LogP contribution in [0.2, 0.25) is 5.02 Å². The third-order valence-electron chi connectivity index (χ3n) is 2.75. The van der Waals surface area contributed by atoms with E-state index < -0.39 is 10.8 Å². The Balaban J connectivity index is 2.28. The van der Waals surface area contributed by atoms with Gasteiger partial charge in [-0.1, -0.05) is 11.6 Å². The van der Waals surface area contributed by atoms with Crippen LogP contribution >= 0.6 is 11.6 Å². The Kier molecular flexibility index (Phi) is 4.04. The van der Waals surface area contributed by atoms with Gasteiger partial charge in [-0.3, -0.25) is 19.7 Å². The second kappa shape index (κ2) is 5.76. The second-order valence-corrected chi connectivity index (χ2v) is 4.65. The highest BCUT2D eigenvalue weighted by Crippen LogP contribution is 2.25. The number of amides is 1. The normalized spacial score (nSPS) is 10.2. The van der Waals surface area contributed by atoms with Gasteiger partial charge in [-0.2, -0.15) is 0 Å². The first-order valence-corrected chi connectivity index (χ1v) is 6.18. The highest BCUT2D eigenvalue weighted by atomic mass is 35.5. The van der Waals surface area contributed by atoms with Crippen molar-refractivity contribution in [1.29, 1.82) is 0 Å². The molecule has 1 heterocycles. The molecule has 0 fully saturated rings. The molecule has 2 aromatic rings. The summed E-state index contributed by atoms with van der Waals surface area (Å²) < 4.78 is 1.31. The van der Waals surface area contributed by atoms with Crippen molar-refractivity contribution in [2.45, 2.75) is 0 Å². The number of hydrogen-bond donors (Lipinski definition) is 1. The fraction of sp³-hybridized carbons (Fsp3) is 0.0769. The lowest BCUT2D eigenvalue weighted by molar-refractivity contribution is -0.384. The first-order chi connectivity index (χ1) is 9.88. The molecule has 0 radical (unpaired) electrons. The molecule has 0 aliphatic carbocycles. The van der Waals surface area contributed by atoms with Crippen LogP contribution in [0.15, 0.2) is 41.3 Å². The van der Waals surface area contributed by atoms with E-state index in [0.717, 1.165) is 6.07 Å². The lowest BCUT2D eigenvalue weighted by Crippen LogP contribution is -2.18. The van der Waals surface area contributed by atoms with Crippen LogP contribution in [0, 0.1) is 10.1 Å². The summed E-state index contributed by atoms with van der Waals surface area (Å²) in [6, 6.07) is 6.52.